The Labute approximate surface area is 164 Å². The van der Waals surface area contributed by atoms with E-state index in [4.69, 9.17) is 10.7 Å². The molecular formula is C23H22N4O. The summed E-state index contributed by atoms with van der Waals surface area (Å²) in [5.74, 6) is -0.410. The summed E-state index contributed by atoms with van der Waals surface area (Å²) in [6.07, 6.45) is 4.99. The molecule has 1 fully saturated rings. The fourth-order valence-electron chi connectivity index (χ4n) is 4.28. The summed E-state index contributed by atoms with van der Waals surface area (Å²) < 4.78 is 0. The zero-order valence-corrected chi connectivity index (χ0v) is 15.9. The number of anilines is 1. The van der Waals surface area contributed by atoms with Crippen LogP contribution in [0, 0.1) is 6.92 Å². The molecule has 0 unspecified atom stereocenters. The van der Waals surface area contributed by atoms with E-state index in [2.05, 4.69) is 28.1 Å². The van der Waals surface area contributed by atoms with Crippen molar-refractivity contribution in [3.05, 3.63) is 65.0 Å². The lowest BCUT2D eigenvalue weighted by Crippen LogP contribution is -2.17. The molecule has 140 valence electrons. The minimum atomic E-state index is -0.410. The first kappa shape index (κ1) is 16.9. The molecule has 3 heterocycles. The number of pyridine rings is 2. The van der Waals surface area contributed by atoms with E-state index in [9.17, 15) is 4.79 Å². The van der Waals surface area contributed by atoms with Crippen molar-refractivity contribution >= 4 is 11.6 Å². The van der Waals surface area contributed by atoms with Crippen molar-refractivity contribution < 1.29 is 4.79 Å². The second kappa shape index (κ2) is 6.44. The van der Waals surface area contributed by atoms with E-state index in [0.717, 1.165) is 46.9 Å². The second-order valence-corrected chi connectivity index (χ2v) is 7.65. The van der Waals surface area contributed by atoms with Gasteiger partial charge in [-0.3, -0.25) is 9.78 Å². The van der Waals surface area contributed by atoms with Gasteiger partial charge in [-0.05, 0) is 61.2 Å². The summed E-state index contributed by atoms with van der Waals surface area (Å²) in [5, 5.41) is 0. The Balaban J connectivity index is 1.63. The summed E-state index contributed by atoms with van der Waals surface area (Å²) in [6, 6.07) is 12.3. The lowest BCUT2D eigenvalue weighted by Gasteiger charge is -2.18. The number of benzene rings is 1. The number of rotatable bonds is 3. The Bertz CT molecular complexity index is 1080. The van der Waals surface area contributed by atoms with E-state index in [1.165, 1.54) is 24.1 Å². The SMILES string of the molecule is Cc1ccc(-c2cc(C(N)=O)c3c(n2)-c2ccc(N4CCCC4)cc2C3)cn1. The van der Waals surface area contributed by atoms with Crippen molar-refractivity contribution in [1.29, 1.82) is 0 Å². The van der Waals surface area contributed by atoms with Crippen molar-refractivity contribution in [1.82, 2.24) is 9.97 Å². The van der Waals surface area contributed by atoms with Crippen molar-refractivity contribution in [2.45, 2.75) is 26.2 Å². The lowest BCUT2D eigenvalue weighted by molar-refractivity contribution is 0.0999. The van der Waals surface area contributed by atoms with E-state index in [0.29, 0.717) is 12.0 Å². The van der Waals surface area contributed by atoms with Crippen LogP contribution < -0.4 is 10.6 Å². The van der Waals surface area contributed by atoms with Crippen LogP contribution in [0.25, 0.3) is 22.5 Å². The predicted octanol–water partition coefficient (Wildman–Crippen LogP) is 3.72. The van der Waals surface area contributed by atoms with Crippen LogP contribution in [-0.4, -0.2) is 29.0 Å². The predicted molar refractivity (Wildman–Crippen MR) is 110 cm³/mol. The zero-order chi connectivity index (χ0) is 19.3. The number of carbonyl (C=O) groups is 1. The van der Waals surface area contributed by atoms with Crippen LogP contribution in [0.5, 0.6) is 0 Å². The normalized spacial score (nSPS) is 14.8. The number of aromatic nitrogens is 2. The summed E-state index contributed by atoms with van der Waals surface area (Å²) in [6.45, 7) is 4.17. The third kappa shape index (κ3) is 2.74. The minimum Gasteiger partial charge on any atom is -0.372 e. The maximum absolute atomic E-state index is 12.2. The largest absolute Gasteiger partial charge is 0.372 e. The van der Waals surface area contributed by atoms with E-state index in [1.54, 1.807) is 12.3 Å². The number of hydrogen-bond donors (Lipinski definition) is 1. The standard InChI is InChI=1S/C23H22N4O/c1-14-4-5-15(13-25-14)21-12-20(23(24)28)19-11-16-10-17(27-8-2-3-9-27)6-7-18(16)22(19)26-21/h4-7,10,12-13H,2-3,8-9,11H2,1H3,(H2,24,28). The number of nitrogens with zero attached hydrogens (tertiary/aromatic N) is 3. The molecule has 0 atom stereocenters. The van der Waals surface area contributed by atoms with Gasteiger partial charge in [0, 0.05) is 53.8 Å². The molecule has 0 saturated carbocycles. The summed E-state index contributed by atoms with van der Waals surface area (Å²) >= 11 is 0. The maximum atomic E-state index is 12.2. The maximum Gasteiger partial charge on any atom is 0.249 e. The average molecular weight is 370 g/mol. The highest BCUT2D eigenvalue weighted by molar-refractivity contribution is 5.98. The molecule has 1 saturated heterocycles. The quantitative estimate of drug-likeness (QED) is 0.596. The first-order chi connectivity index (χ1) is 13.6. The fourth-order valence-corrected chi connectivity index (χ4v) is 4.28. The van der Waals surface area contributed by atoms with Crippen molar-refractivity contribution in [2.75, 3.05) is 18.0 Å². The Kier molecular flexibility index (Phi) is 3.90. The van der Waals surface area contributed by atoms with E-state index in [1.807, 2.05) is 19.1 Å². The van der Waals surface area contributed by atoms with Crippen LogP contribution in [0.15, 0.2) is 42.6 Å². The lowest BCUT2D eigenvalue weighted by atomic mass is 10.0. The van der Waals surface area contributed by atoms with Gasteiger partial charge in [0.15, 0.2) is 0 Å². The molecule has 5 nitrogen and oxygen atoms in total. The van der Waals surface area contributed by atoms with Gasteiger partial charge in [-0.15, -0.1) is 0 Å². The molecule has 1 aliphatic heterocycles. The molecule has 5 rings (SSSR count). The summed E-state index contributed by atoms with van der Waals surface area (Å²) in [7, 11) is 0. The van der Waals surface area contributed by atoms with Gasteiger partial charge in [0.25, 0.3) is 0 Å². The number of carbonyl (C=O) groups excluding carboxylic acids is 1. The number of amides is 1. The first-order valence-corrected chi connectivity index (χ1v) is 9.75. The number of nitrogens with two attached hydrogens (primary N) is 1. The van der Waals surface area contributed by atoms with E-state index < -0.39 is 5.91 Å². The zero-order valence-electron chi connectivity index (χ0n) is 15.9. The molecule has 1 aromatic carbocycles. The first-order valence-electron chi connectivity index (χ1n) is 9.75. The minimum absolute atomic E-state index is 0.410. The molecule has 2 aliphatic rings. The van der Waals surface area contributed by atoms with Crippen LogP contribution in [0.3, 0.4) is 0 Å². The molecule has 3 aromatic rings. The number of hydrogen-bond acceptors (Lipinski definition) is 4. The van der Waals surface area contributed by atoms with Crippen LogP contribution in [0.4, 0.5) is 5.69 Å². The molecule has 28 heavy (non-hydrogen) atoms. The third-order valence-corrected chi connectivity index (χ3v) is 5.78. The highest BCUT2D eigenvalue weighted by Gasteiger charge is 2.27. The Morgan fingerprint density at radius 1 is 1.11 bits per heavy atom. The van der Waals surface area contributed by atoms with Gasteiger partial charge in [-0.25, -0.2) is 4.98 Å². The van der Waals surface area contributed by atoms with Crippen LogP contribution in [0.2, 0.25) is 0 Å². The Hall–Kier alpha value is -3.21. The molecule has 1 amide bonds. The van der Waals surface area contributed by atoms with Crippen molar-refractivity contribution in [2.24, 2.45) is 5.73 Å². The van der Waals surface area contributed by atoms with E-state index >= 15 is 0 Å². The molecule has 2 aromatic heterocycles. The van der Waals surface area contributed by atoms with Gasteiger partial charge in [0.05, 0.1) is 11.4 Å². The van der Waals surface area contributed by atoms with Crippen molar-refractivity contribution in [3.63, 3.8) is 0 Å². The highest BCUT2D eigenvalue weighted by Crippen LogP contribution is 2.40. The third-order valence-electron chi connectivity index (χ3n) is 5.78. The van der Waals surface area contributed by atoms with Gasteiger partial charge < -0.3 is 10.6 Å². The average Bonchev–Trinajstić information content (AvgIpc) is 3.35. The smallest absolute Gasteiger partial charge is 0.249 e. The molecule has 0 bridgehead atoms. The summed E-state index contributed by atoms with van der Waals surface area (Å²) in [4.78, 5) is 23.9. The topological polar surface area (TPSA) is 72.1 Å². The molecule has 2 N–H and O–H groups in total. The van der Waals surface area contributed by atoms with Crippen LogP contribution in [-0.2, 0) is 6.42 Å². The number of aryl methyl sites for hydroxylation is 1. The Morgan fingerprint density at radius 3 is 2.64 bits per heavy atom. The van der Waals surface area contributed by atoms with Gasteiger partial charge in [-0.2, -0.15) is 0 Å². The number of primary amides is 1. The molecule has 1 aliphatic carbocycles. The van der Waals surface area contributed by atoms with E-state index in [-0.39, 0.29) is 0 Å². The molecule has 0 spiro atoms. The van der Waals surface area contributed by atoms with Crippen LogP contribution >= 0.6 is 0 Å². The monoisotopic (exact) mass is 370 g/mol. The summed E-state index contributed by atoms with van der Waals surface area (Å²) in [5.41, 5.74) is 14.2. The fraction of sp³-hybridized carbons (Fsp3) is 0.261. The van der Waals surface area contributed by atoms with Crippen LogP contribution in [0.1, 0.15) is 40.0 Å². The molecular weight excluding hydrogens is 348 g/mol. The number of fused-ring (bicyclic) bond motifs is 3. The van der Waals surface area contributed by atoms with Crippen molar-refractivity contribution in [3.8, 4) is 22.5 Å². The van der Waals surface area contributed by atoms with Gasteiger partial charge in [0.2, 0.25) is 5.91 Å². The Morgan fingerprint density at radius 2 is 1.93 bits per heavy atom. The van der Waals surface area contributed by atoms with Gasteiger partial charge in [-0.1, -0.05) is 6.07 Å². The highest BCUT2D eigenvalue weighted by atomic mass is 16.1. The molecule has 5 heteroatoms. The van der Waals surface area contributed by atoms with Gasteiger partial charge in [0.1, 0.15) is 0 Å². The van der Waals surface area contributed by atoms with Gasteiger partial charge >= 0.3 is 0 Å². The second-order valence-electron chi connectivity index (χ2n) is 7.65. The molecule has 0 radical (unpaired) electrons.